The van der Waals surface area contributed by atoms with Crippen LogP contribution in [0.15, 0.2) is 30.5 Å². The average molecular weight is 312 g/mol. The van der Waals surface area contributed by atoms with Crippen molar-refractivity contribution in [1.29, 1.82) is 5.26 Å². The second-order valence-electron chi connectivity index (χ2n) is 6.24. The zero-order valence-corrected chi connectivity index (χ0v) is 14.2. The summed E-state index contributed by atoms with van der Waals surface area (Å²) in [4.78, 5) is 2.23. The van der Waals surface area contributed by atoms with E-state index in [9.17, 15) is 5.11 Å². The number of aromatic nitrogens is 2. The second kappa shape index (κ2) is 7.40. The van der Waals surface area contributed by atoms with Crippen molar-refractivity contribution in [3.8, 4) is 17.3 Å². The minimum Gasteiger partial charge on any atom is -0.392 e. The third kappa shape index (κ3) is 4.41. The molecule has 0 aliphatic carbocycles. The van der Waals surface area contributed by atoms with E-state index in [2.05, 4.69) is 29.9 Å². The Morgan fingerprint density at radius 2 is 1.91 bits per heavy atom. The summed E-state index contributed by atoms with van der Waals surface area (Å²) in [5.74, 6) is 0. The van der Waals surface area contributed by atoms with Crippen molar-refractivity contribution in [2.45, 2.75) is 39.5 Å². The molecule has 1 N–H and O–H groups in total. The molecule has 0 saturated heterocycles. The summed E-state index contributed by atoms with van der Waals surface area (Å²) in [7, 11) is 1.91. The van der Waals surface area contributed by atoms with Gasteiger partial charge in [0.15, 0.2) is 0 Å². The van der Waals surface area contributed by atoms with Gasteiger partial charge in [0, 0.05) is 43.5 Å². The topological polar surface area (TPSA) is 65.1 Å². The number of aliphatic hydroxyl groups is 1. The van der Waals surface area contributed by atoms with Crippen molar-refractivity contribution in [3.05, 3.63) is 41.6 Å². The standard InChI is InChI=1S/C18H24N4O/c1-13(2)22(10-14(3)23)12-17-11-21(4)20-18(17)16-7-5-15(9-19)6-8-16/h5-8,11,13-14,23H,10,12H2,1-4H3. The molecular weight excluding hydrogens is 288 g/mol. The lowest BCUT2D eigenvalue weighted by Crippen LogP contribution is -2.36. The van der Waals surface area contributed by atoms with E-state index >= 15 is 0 Å². The maximum Gasteiger partial charge on any atom is 0.0991 e. The summed E-state index contributed by atoms with van der Waals surface area (Å²) in [6.45, 7) is 7.41. The largest absolute Gasteiger partial charge is 0.392 e. The molecule has 0 fully saturated rings. The van der Waals surface area contributed by atoms with Gasteiger partial charge in [-0.2, -0.15) is 10.4 Å². The molecular formula is C18H24N4O. The van der Waals surface area contributed by atoms with Crippen LogP contribution in [0.5, 0.6) is 0 Å². The number of rotatable bonds is 6. The third-order valence-electron chi connectivity index (χ3n) is 3.79. The van der Waals surface area contributed by atoms with Crippen LogP contribution in [0, 0.1) is 11.3 Å². The summed E-state index contributed by atoms with van der Waals surface area (Å²) >= 11 is 0. The van der Waals surface area contributed by atoms with Gasteiger partial charge in [-0.25, -0.2) is 0 Å². The number of nitriles is 1. The summed E-state index contributed by atoms with van der Waals surface area (Å²) in [6.07, 6.45) is 1.65. The molecule has 1 aromatic carbocycles. The van der Waals surface area contributed by atoms with Gasteiger partial charge in [-0.15, -0.1) is 0 Å². The first kappa shape index (κ1) is 17.2. The Hall–Kier alpha value is -2.16. The van der Waals surface area contributed by atoms with Gasteiger partial charge in [-0.3, -0.25) is 9.58 Å². The lowest BCUT2D eigenvalue weighted by Gasteiger charge is -2.27. The van der Waals surface area contributed by atoms with Gasteiger partial charge in [0.1, 0.15) is 0 Å². The van der Waals surface area contributed by atoms with Crippen LogP contribution in [0.4, 0.5) is 0 Å². The molecule has 0 spiro atoms. The maximum absolute atomic E-state index is 9.71. The van der Waals surface area contributed by atoms with Gasteiger partial charge in [-0.1, -0.05) is 12.1 Å². The van der Waals surface area contributed by atoms with E-state index < -0.39 is 0 Å². The van der Waals surface area contributed by atoms with Gasteiger partial charge >= 0.3 is 0 Å². The van der Waals surface area contributed by atoms with Crippen molar-refractivity contribution in [1.82, 2.24) is 14.7 Å². The van der Waals surface area contributed by atoms with Crippen LogP contribution in [0.2, 0.25) is 0 Å². The Kier molecular flexibility index (Phi) is 5.54. The van der Waals surface area contributed by atoms with Crippen molar-refractivity contribution >= 4 is 0 Å². The predicted molar refractivity (Wildman–Crippen MR) is 90.6 cm³/mol. The van der Waals surface area contributed by atoms with Crippen LogP contribution in [-0.2, 0) is 13.6 Å². The molecule has 5 heteroatoms. The Bertz CT molecular complexity index is 680. The first-order valence-corrected chi connectivity index (χ1v) is 7.86. The zero-order valence-electron chi connectivity index (χ0n) is 14.2. The fourth-order valence-electron chi connectivity index (χ4n) is 2.62. The highest BCUT2D eigenvalue weighted by molar-refractivity contribution is 5.63. The Morgan fingerprint density at radius 3 is 2.43 bits per heavy atom. The Labute approximate surface area is 137 Å². The van der Waals surface area contributed by atoms with Gasteiger partial charge < -0.3 is 5.11 Å². The van der Waals surface area contributed by atoms with E-state index in [0.29, 0.717) is 18.2 Å². The van der Waals surface area contributed by atoms with Crippen LogP contribution in [-0.4, -0.2) is 38.5 Å². The molecule has 2 aromatic rings. The molecule has 0 amide bonds. The van der Waals surface area contributed by atoms with Crippen LogP contribution in [0.25, 0.3) is 11.3 Å². The molecule has 1 aromatic heterocycles. The van der Waals surface area contributed by atoms with Crippen LogP contribution in [0.1, 0.15) is 31.9 Å². The van der Waals surface area contributed by atoms with Crippen molar-refractivity contribution in [2.24, 2.45) is 7.05 Å². The van der Waals surface area contributed by atoms with E-state index in [1.54, 1.807) is 6.92 Å². The number of hydrogen-bond acceptors (Lipinski definition) is 4. The fraction of sp³-hybridized carbons (Fsp3) is 0.444. The minimum absolute atomic E-state index is 0.332. The van der Waals surface area contributed by atoms with Crippen molar-refractivity contribution < 1.29 is 5.11 Å². The highest BCUT2D eigenvalue weighted by Gasteiger charge is 2.17. The Morgan fingerprint density at radius 1 is 1.26 bits per heavy atom. The molecule has 0 radical (unpaired) electrons. The first-order valence-electron chi connectivity index (χ1n) is 7.86. The molecule has 0 aliphatic heterocycles. The van der Waals surface area contributed by atoms with Crippen molar-refractivity contribution in [2.75, 3.05) is 6.54 Å². The normalized spacial score (nSPS) is 12.6. The molecule has 5 nitrogen and oxygen atoms in total. The van der Waals surface area contributed by atoms with Crippen LogP contribution < -0.4 is 0 Å². The smallest absolute Gasteiger partial charge is 0.0991 e. The predicted octanol–water partition coefficient (Wildman–Crippen LogP) is 2.55. The van der Waals surface area contributed by atoms with Gasteiger partial charge in [0.25, 0.3) is 0 Å². The van der Waals surface area contributed by atoms with Gasteiger partial charge in [-0.05, 0) is 32.9 Å². The summed E-state index contributed by atoms with van der Waals surface area (Å²) in [5, 5.41) is 23.2. The Balaban J connectivity index is 2.30. The van der Waals surface area contributed by atoms with Crippen LogP contribution >= 0.6 is 0 Å². The molecule has 1 unspecified atom stereocenters. The lowest BCUT2D eigenvalue weighted by molar-refractivity contribution is 0.103. The van der Waals surface area contributed by atoms with Crippen LogP contribution in [0.3, 0.4) is 0 Å². The monoisotopic (exact) mass is 312 g/mol. The lowest BCUT2D eigenvalue weighted by atomic mass is 10.1. The quantitative estimate of drug-likeness (QED) is 0.890. The molecule has 1 atom stereocenters. The summed E-state index contributed by atoms with van der Waals surface area (Å²) in [5.41, 5.74) is 3.68. The maximum atomic E-state index is 9.71. The highest BCUT2D eigenvalue weighted by Crippen LogP contribution is 2.24. The molecule has 0 saturated carbocycles. The highest BCUT2D eigenvalue weighted by atomic mass is 16.3. The number of benzene rings is 1. The molecule has 1 heterocycles. The number of aryl methyl sites for hydroxylation is 1. The van der Waals surface area contributed by atoms with E-state index in [1.807, 2.05) is 42.2 Å². The van der Waals surface area contributed by atoms with E-state index in [-0.39, 0.29) is 6.10 Å². The molecule has 2 rings (SSSR count). The summed E-state index contributed by atoms with van der Waals surface area (Å²) < 4.78 is 1.81. The van der Waals surface area contributed by atoms with E-state index in [0.717, 1.165) is 23.4 Å². The third-order valence-corrected chi connectivity index (χ3v) is 3.79. The van der Waals surface area contributed by atoms with Gasteiger partial charge in [0.2, 0.25) is 0 Å². The average Bonchev–Trinajstić information content (AvgIpc) is 2.87. The zero-order chi connectivity index (χ0) is 17.0. The SMILES string of the molecule is CC(O)CN(Cc1cn(C)nc1-c1ccc(C#N)cc1)C(C)C. The number of aliphatic hydroxyl groups excluding tert-OH is 1. The second-order valence-corrected chi connectivity index (χ2v) is 6.24. The molecule has 0 bridgehead atoms. The molecule has 122 valence electrons. The van der Waals surface area contributed by atoms with E-state index in [1.165, 1.54) is 0 Å². The minimum atomic E-state index is -0.368. The first-order chi connectivity index (χ1) is 10.9. The van der Waals surface area contributed by atoms with Crippen molar-refractivity contribution in [3.63, 3.8) is 0 Å². The summed E-state index contributed by atoms with van der Waals surface area (Å²) in [6, 6.07) is 9.94. The van der Waals surface area contributed by atoms with Gasteiger partial charge in [0.05, 0.1) is 23.4 Å². The number of hydrogen-bond donors (Lipinski definition) is 1. The molecule has 0 aliphatic rings. The molecule has 23 heavy (non-hydrogen) atoms. The fourth-order valence-corrected chi connectivity index (χ4v) is 2.62. The van der Waals surface area contributed by atoms with E-state index in [4.69, 9.17) is 5.26 Å². The number of nitrogens with zero attached hydrogens (tertiary/aromatic N) is 4.